The number of alkyl halides is 3. The number of halogens is 4. The van der Waals surface area contributed by atoms with E-state index in [0.29, 0.717) is 5.56 Å². The largest absolute Gasteiger partial charge is 0.419 e. The Hall–Kier alpha value is -1.89. The van der Waals surface area contributed by atoms with Crippen molar-refractivity contribution in [2.75, 3.05) is 0 Å². The van der Waals surface area contributed by atoms with Gasteiger partial charge in [-0.2, -0.15) is 18.3 Å². The Balaban J connectivity index is 2.11. The molecule has 19 heavy (non-hydrogen) atoms. The van der Waals surface area contributed by atoms with Gasteiger partial charge < -0.3 is 5.73 Å². The summed E-state index contributed by atoms with van der Waals surface area (Å²) < 4.78 is 51.2. The van der Waals surface area contributed by atoms with Crippen LogP contribution in [-0.2, 0) is 12.7 Å². The first-order chi connectivity index (χ1) is 8.86. The van der Waals surface area contributed by atoms with E-state index in [-0.39, 0.29) is 6.54 Å². The lowest BCUT2D eigenvalue weighted by Crippen LogP contribution is -2.18. The minimum atomic E-state index is -4.43. The molecule has 3 nitrogen and oxygen atoms in total. The second-order valence-corrected chi connectivity index (χ2v) is 4.11. The number of rotatable bonds is 3. The van der Waals surface area contributed by atoms with Gasteiger partial charge in [0.25, 0.3) is 0 Å². The van der Waals surface area contributed by atoms with Crippen LogP contribution in [0, 0.1) is 5.82 Å². The average molecular weight is 273 g/mol. The summed E-state index contributed by atoms with van der Waals surface area (Å²) >= 11 is 0. The quantitative estimate of drug-likeness (QED) is 0.874. The lowest BCUT2D eigenvalue weighted by atomic mass is 10.1. The maximum absolute atomic E-state index is 13.0. The van der Waals surface area contributed by atoms with Gasteiger partial charge in [-0.25, -0.2) is 4.39 Å². The van der Waals surface area contributed by atoms with Crippen molar-refractivity contribution in [2.24, 2.45) is 5.73 Å². The summed E-state index contributed by atoms with van der Waals surface area (Å²) in [4.78, 5) is 0. The third-order valence-electron chi connectivity index (χ3n) is 2.62. The highest BCUT2D eigenvalue weighted by Crippen LogP contribution is 2.28. The van der Waals surface area contributed by atoms with Crippen molar-refractivity contribution < 1.29 is 17.6 Å². The van der Waals surface area contributed by atoms with E-state index in [1.54, 1.807) is 6.07 Å². The summed E-state index contributed by atoms with van der Waals surface area (Å²) in [5.41, 5.74) is 5.47. The summed E-state index contributed by atoms with van der Waals surface area (Å²) in [6.45, 7) is 0.0412. The Morgan fingerprint density at radius 2 is 2.05 bits per heavy atom. The van der Waals surface area contributed by atoms with Crippen LogP contribution in [0.5, 0.6) is 0 Å². The van der Waals surface area contributed by atoms with E-state index in [4.69, 9.17) is 5.73 Å². The molecule has 1 atom stereocenters. The van der Waals surface area contributed by atoms with Crippen molar-refractivity contribution in [1.29, 1.82) is 0 Å². The number of benzene rings is 1. The highest BCUT2D eigenvalue weighted by molar-refractivity contribution is 5.19. The van der Waals surface area contributed by atoms with Crippen molar-refractivity contribution in [2.45, 2.75) is 18.8 Å². The van der Waals surface area contributed by atoms with Crippen molar-refractivity contribution >= 4 is 0 Å². The van der Waals surface area contributed by atoms with Gasteiger partial charge in [-0.05, 0) is 17.7 Å². The average Bonchev–Trinajstić information content (AvgIpc) is 2.77. The summed E-state index contributed by atoms with van der Waals surface area (Å²) in [5.74, 6) is -0.440. The number of aromatic nitrogens is 2. The Labute approximate surface area is 106 Å². The number of hydrogen-bond acceptors (Lipinski definition) is 2. The maximum atomic E-state index is 13.0. The van der Waals surface area contributed by atoms with Crippen LogP contribution in [0.15, 0.2) is 36.7 Å². The Morgan fingerprint density at radius 3 is 2.63 bits per heavy atom. The van der Waals surface area contributed by atoms with Crippen molar-refractivity contribution in [1.82, 2.24) is 9.78 Å². The molecule has 0 bridgehead atoms. The van der Waals surface area contributed by atoms with E-state index in [1.165, 1.54) is 18.2 Å². The second-order valence-electron chi connectivity index (χ2n) is 4.11. The molecule has 0 aliphatic rings. The van der Waals surface area contributed by atoms with Gasteiger partial charge in [0.05, 0.1) is 18.3 Å². The predicted molar refractivity (Wildman–Crippen MR) is 60.6 cm³/mol. The molecule has 2 aromatic rings. The second kappa shape index (κ2) is 5.00. The molecule has 0 spiro atoms. The SMILES string of the molecule is NC(Cn1cc(C(F)(F)F)cn1)c1cccc(F)c1. The zero-order valence-electron chi connectivity index (χ0n) is 9.73. The van der Waals surface area contributed by atoms with E-state index in [2.05, 4.69) is 5.10 Å². The minimum absolute atomic E-state index is 0.0412. The Bertz CT molecular complexity index is 562. The molecule has 1 aromatic carbocycles. The molecule has 0 radical (unpaired) electrons. The topological polar surface area (TPSA) is 43.8 Å². The van der Waals surface area contributed by atoms with Crippen LogP contribution < -0.4 is 5.73 Å². The van der Waals surface area contributed by atoms with Gasteiger partial charge in [0.1, 0.15) is 5.82 Å². The highest BCUT2D eigenvalue weighted by atomic mass is 19.4. The normalized spacial score (nSPS) is 13.5. The molecule has 1 aromatic heterocycles. The van der Waals surface area contributed by atoms with Crippen LogP contribution in [0.1, 0.15) is 17.2 Å². The molecule has 0 aliphatic carbocycles. The minimum Gasteiger partial charge on any atom is -0.322 e. The fourth-order valence-electron chi connectivity index (χ4n) is 1.65. The fraction of sp³-hybridized carbons (Fsp3) is 0.250. The Kier molecular flexibility index (Phi) is 3.57. The van der Waals surface area contributed by atoms with Gasteiger partial charge >= 0.3 is 6.18 Å². The van der Waals surface area contributed by atoms with Crippen LogP contribution in [-0.4, -0.2) is 9.78 Å². The van der Waals surface area contributed by atoms with Gasteiger partial charge in [0, 0.05) is 12.2 Å². The molecule has 0 aliphatic heterocycles. The van der Waals surface area contributed by atoms with Gasteiger partial charge in [-0.1, -0.05) is 12.1 Å². The van der Waals surface area contributed by atoms with E-state index in [0.717, 1.165) is 17.1 Å². The smallest absolute Gasteiger partial charge is 0.322 e. The van der Waals surface area contributed by atoms with Crippen molar-refractivity contribution in [3.8, 4) is 0 Å². The van der Waals surface area contributed by atoms with Gasteiger partial charge in [-0.3, -0.25) is 4.68 Å². The van der Waals surface area contributed by atoms with E-state index in [9.17, 15) is 17.6 Å². The van der Waals surface area contributed by atoms with Crippen LogP contribution in [0.2, 0.25) is 0 Å². The molecule has 7 heteroatoms. The standard InChI is InChI=1S/C12H11F4N3/c13-10-3-1-2-8(4-10)11(17)7-19-6-9(5-18-19)12(14,15)16/h1-6,11H,7,17H2. The third kappa shape index (κ3) is 3.31. The van der Waals surface area contributed by atoms with E-state index >= 15 is 0 Å². The lowest BCUT2D eigenvalue weighted by Gasteiger charge is -2.12. The Morgan fingerprint density at radius 1 is 1.32 bits per heavy atom. The molecular formula is C12H11F4N3. The van der Waals surface area contributed by atoms with E-state index in [1.807, 2.05) is 0 Å². The summed E-state index contributed by atoms with van der Waals surface area (Å²) in [7, 11) is 0. The van der Waals surface area contributed by atoms with Crippen LogP contribution in [0.3, 0.4) is 0 Å². The van der Waals surface area contributed by atoms with Gasteiger partial charge in [0.2, 0.25) is 0 Å². The molecule has 1 unspecified atom stereocenters. The molecule has 0 amide bonds. The molecule has 2 rings (SSSR count). The molecule has 0 saturated heterocycles. The summed E-state index contributed by atoms with van der Waals surface area (Å²) in [6, 6.07) is 5.00. The first-order valence-corrected chi connectivity index (χ1v) is 5.47. The van der Waals surface area contributed by atoms with Gasteiger partial charge in [-0.15, -0.1) is 0 Å². The third-order valence-corrected chi connectivity index (χ3v) is 2.62. The van der Waals surface area contributed by atoms with Gasteiger partial charge in [0.15, 0.2) is 0 Å². The summed E-state index contributed by atoms with van der Waals surface area (Å²) in [5, 5.41) is 3.59. The number of nitrogens with two attached hydrogens (primary N) is 1. The predicted octanol–water partition coefficient (Wildman–Crippen LogP) is 2.74. The monoisotopic (exact) mass is 273 g/mol. The molecule has 0 fully saturated rings. The van der Waals surface area contributed by atoms with Crippen LogP contribution in [0.4, 0.5) is 17.6 Å². The fourth-order valence-corrected chi connectivity index (χ4v) is 1.65. The number of nitrogens with zero attached hydrogens (tertiary/aromatic N) is 2. The zero-order valence-corrected chi connectivity index (χ0v) is 9.73. The molecule has 0 saturated carbocycles. The van der Waals surface area contributed by atoms with Crippen LogP contribution in [0.25, 0.3) is 0 Å². The lowest BCUT2D eigenvalue weighted by molar-refractivity contribution is -0.137. The highest BCUT2D eigenvalue weighted by Gasteiger charge is 2.32. The van der Waals surface area contributed by atoms with E-state index < -0.39 is 23.6 Å². The zero-order chi connectivity index (χ0) is 14.0. The maximum Gasteiger partial charge on any atom is 0.419 e. The first-order valence-electron chi connectivity index (χ1n) is 5.47. The van der Waals surface area contributed by atoms with Crippen LogP contribution >= 0.6 is 0 Å². The van der Waals surface area contributed by atoms with Crippen molar-refractivity contribution in [3.05, 3.63) is 53.6 Å². The molecule has 102 valence electrons. The molecular weight excluding hydrogens is 262 g/mol. The first kappa shape index (κ1) is 13.5. The molecule has 1 heterocycles. The summed E-state index contributed by atoms with van der Waals surface area (Å²) in [6.07, 6.45) is -2.82. The molecule has 2 N–H and O–H groups in total. The van der Waals surface area contributed by atoms with Crippen molar-refractivity contribution in [3.63, 3.8) is 0 Å². The number of hydrogen-bond donors (Lipinski definition) is 1.